The third-order valence-corrected chi connectivity index (χ3v) is 6.45. The minimum absolute atomic E-state index is 0.0380. The van der Waals surface area contributed by atoms with Gasteiger partial charge in [0.15, 0.2) is 9.84 Å². The number of sulfone groups is 1. The van der Waals surface area contributed by atoms with Gasteiger partial charge in [-0.2, -0.15) is 0 Å². The second-order valence-corrected chi connectivity index (χ2v) is 9.23. The van der Waals surface area contributed by atoms with Crippen molar-refractivity contribution >= 4 is 27.3 Å². The summed E-state index contributed by atoms with van der Waals surface area (Å²) in [4.78, 5) is 27.1. The molecule has 29 heavy (non-hydrogen) atoms. The molecule has 0 aliphatic carbocycles. The maximum Gasteiger partial charge on any atom is 0.251 e. The highest BCUT2D eigenvalue weighted by Crippen LogP contribution is 2.25. The van der Waals surface area contributed by atoms with Crippen molar-refractivity contribution < 1.29 is 18.0 Å². The van der Waals surface area contributed by atoms with Crippen LogP contribution in [0.5, 0.6) is 0 Å². The minimum atomic E-state index is -3.05. The van der Waals surface area contributed by atoms with Gasteiger partial charge in [-0.15, -0.1) is 0 Å². The average Bonchev–Trinajstić information content (AvgIpc) is 2.71. The van der Waals surface area contributed by atoms with E-state index in [0.717, 1.165) is 5.56 Å². The molecular formula is C21H25N3O4S. The molecule has 1 unspecified atom stereocenters. The first-order valence-corrected chi connectivity index (χ1v) is 11.4. The van der Waals surface area contributed by atoms with Crippen LogP contribution < -0.4 is 10.6 Å². The van der Waals surface area contributed by atoms with Gasteiger partial charge < -0.3 is 10.6 Å². The minimum Gasteiger partial charge on any atom is -0.352 e. The fraction of sp³-hybridized carbons (Fsp3) is 0.333. The number of hydrogen-bond acceptors (Lipinski definition) is 5. The van der Waals surface area contributed by atoms with E-state index in [2.05, 4.69) is 10.6 Å². The summed E-state index contributed by atoms with van der Waals surface area (Å²) in [6, 6.07) is 15.4. The molecule has 0 bridgehead atoms. The van der Waals surface area contributed by atoms with Gasteiger partial charge in [-0.1, -0.05) is 36.4 Å². The molecule has 154 valence electrons. The quantitative estimate of drug-likeness (QED) is 0.751. The normalized spacial score (nSPS) is 17.3. The monoisotopic (exact) mass is 415 g/mol. The van der Waals surface area contributed by atoms with E-state index in [9.17, 15) is 18.0 Å². The van der Waals surface area contributed by atoms with Crippen molar-refractivity contribution in [3.05, 3.63) is 65.7 Å². The summed E-state index contributed by atoms with van der Waals surface area (Å²) in [5.74, 6) is -0.389. The van der Waals surface area contributed by atoms with E-state index in [1.165, 1.54) is 0 Å². The van der Waals surface area contributed by atoms with Crippen LogP contribution in [0, 0.1) is 0 Å². The highest BCUT2D eigenvalue weighted by atomic mass is 32.2. The lowest BCUT2D eigenvalue weighted by Gasteiger charge is -2.33. The number of amides is 2. The van der Waals surface area contributed by atoms with Crippen molar-refractivity contribution in [3.63, 3.8) is 0 Å². The van der Waals surface area contributed by atoms with Gasteiger partial charge in [0.2, 0.25) is 5.91 Å². The molecule has 2 N–H and O–H groups in total. The lowest BCUT2D eigenvalue weighted by molar-refractivity contribution is -0.121. The van der Waals surface area contributed by atoms with Crippen molar-refractivity contribution in [3.8, 4) is 0 Å². The predicted molar refractivity (Wildman–Crippen MR) is 112 cm³/mol. The van der Waals surface area contributed by atoms with Crippen molar-refractivity contribution in [2.24, 2.45) is 0 Å². The molecule has 0 spiro atoms. The highest BCUT2D eigenvalue weighted by Gasteiger charge is 2.32. The molecule has 8 heteroatoms. The molecule has 2 amide bonds. The number of carbonyl (C=O) groups is 2. The summed E-state index contributed by atoms with van der Waals surface area (Å²) in [5.41, 5.74) is 1.78. The van der Waals surface area contributed by atoms with Crippen LogP contribution in [0.15, 0.2) is 54.6 Å². The van der Waals surface area contributed by atoms with Crippen LogP contribution in [0.1, 0.15) is 28.9 Å². The Kier molecular flexibility index (Phi) is 6.66. The molecule has 3 rings (SSSR count). The zero-order valence-electron chi connectivity index (χ0n) is 16.3. The molecule has 1 aliphatic heterocycles. The van der Waals surface area contributed by atoms with E-state index in [-0.39, 0.29) is 23.3 Å². The van der Waals surface area contributed by atoms with Gasteiger partial charge in [-0.3, -0.25) is 14.5 Å². The molecule has 1 aliphatic rings. The smallest absolute Gasteiger partial charge is 0.251 e. The first-order valence-electron chi connectivity index (χ1n) is 9.58. The fourth-order valence-electron chi connectivity index (χ4n) is 3.36. The topological polar surface area (TPSA) is 95.6 Å². The van der Waals surface area contributed by atoms with E-state index < -0.39 is 15.9 Å². The van der Waals surface area contributed by atoms with E-state index >= 15 is 0 Å². The standard InChI is InChI=1S/C21H25N3O4S/c1-2-22-20(25)17-9-6-10-18(15-17)23-21(26)19(16-7-4-3-5-8-16)24-11-13-29(27,28)14-12-24/h3-10,15,19H,2,11-14H2,1H3,(H,22,25)(H,23,26). The Morgan fingerprint density at radius 1 is 1.03 bits per heavy atom. The molecule has 1 fully saturated rings. The van der Waals surface area contributed by atoms with Gasteiger partial charge in [0.25, 0.3) is 5.91 Å². The second-order valence-electron chi connectivity index (χ2n) is 6.93. The number of hydrogen-bond donors (Lipinski definition) is 2. The van der Waals surface area contributed by atoms with Crippen molar-refractivity contribution in [2.75, 3.05) is 36.5 Å². The molecule has 0 radical (unpaired) electrons. The summed E-state index contributed by atoms with van der Waals surface area (Å²) < 4.78 is 23.6. The molecule has 2 aromatic rings. The Balaban J connectivity index is 1.82. The van der Waals surface area contributed by atoms with Gasteiger partial charge in [-0.05, 0) is 30.7 Å². The van der Waals surface area contributed by atoms with E-state index in [1.807, 2.05) is 42.2 Å². The van der Waals surface area contributed by atoms with Gasteiger partial charge >= 0.3 is 0 Å². The van der Waals surface area contributed by atoms with Gasteiger partial charge in [-0.25, -0.2) is 8.42 Å². The van der Waals surface area contributed by atoms with Gasteiger partial charge in [0, 0.05) is 30.9 Å². The average molecular weight is 416 g/mol. The van der Waals surface area contributed by atoms with Crippen LogP contribution in [0.3, 0.4) is 0 Å². The van der Waals surface area contributed by atoms with Gasteiger partial charge in [0.05, 0.1) is 11.5 Å². The predicted octanol–water partition coefficient (Wildman–Crippen LogP) is 1.85. The van der Waals surface area contributed by atoms with Crippen LogP contribution in [0.2, 0.25) is 0 Å². The third kappa shape index (κ3) is 5.42. The molecule has 2 aromatic carbocycles. The maximum absolute atomic E-state index is 13.2. The number of rotatable bonds is 6. The summed E-state index contributed by atoms with van der Waals surface area (Å²) in [5, 5.41) is 5.62. The Bertz CT molecular complexity index is 962. The molecule has 0 aromatic heterocycles. The van der Waals surface area contributed by atoms with E-state index in [0.29, 0.717) is 30.9 Å². The first-order chi connectivity index (χ1) is 13.9. The number of carbonyl (C=O) groups excluding carboxylic acids is 2. The molecule has 1 atom stereocenters. The SMILES string of the molecule is CCNC(=O)c1cccc(NC(=O)C(c2ccccc2)N2CCS(=O)(=O)CC2)c1. The largest absolute Gasteiger partial charge is 0.352 e. The fourth-order valence-corrected chi connectivity index (χ4v) is 4.59. The number of nitrogens with zero attached hydrogens (tertiary/aromatic N) is 1. The van der Waals surface area contributed by atoms with Crippen molar-refractivity contribution in [1.29, 1.82) is 0 Å². The second kappa shape index (κ2) is 9.19. The number of anilines is 1. The van der Waals surface area contributed by atoms with Crippen LogP contribution in [0.25, 0.3) is 0 Å². The molecule has 1 heterocycles. The zero-order valence-corrected chi connectivity index (χ0v) is 17.1. The Morgan fingerprint density at radius 3 is 2.38 bits per heavy atom. The molecular weight excluding hydrogens is 390 g/mol. The molecule has 1 saturated heterocycles. The summed E-state index contributed by atoms with van der Waals surface area (Å²) >= 11 is 0. The van der Waals surface area contributed by atoms with Crippen LogP contribution in [0.4, 0.5) is 5.69 Å². The van der Waals surface area contributed by atoms with Crippen LogP contribution >= 0.6 is 0 Å². The van der Waals surface area contributed by atoms with E-state index in [1.54, 1.807) is 24.3 Å². The third-order valence-electron chi connectivity index (χ3n) is 4.84. The van der Waals surface area contributed by atoms with Crippen molar-refractivity contribution in [1.82, 2.24) is 10.2 Å². The Hall–Kier alpha value is -2.71. The number of benzene rings is 2. The van der Waals surface area contributed by atoms with Crippen LogP contribution in [-0.4, -0.2) is 56.3 Å². The molecule has 0 saturated carbocycles. The Morgan fingerprint density at radius 2 is 1.72 bits per heavy atom. The summed E-state index contributed by atoms with van der Waals surface area (Å²) in [6.07, 6.45) is 0. The van der Waals surface area contributed by atoms with Crippen molar-refractivity contribution in [2.45, 2.75) is 13.0 Å². The first kappa shape index (κ1) is 21.0. The highest BCUT2D eigenvalue weighted by molar-refractivity contribution is 7.91. The molecule has 7 nitrogen and oxygen atoms in total. The lowest BCUT2D eigenvalue weighted by atomic mass is 10.0. The van der Waals surface area contributed by atoms with Gasteiger partial charge in [0.1, 0.15) is 6.04 Å². The van der Waals surface area contributed by atoms with Crippen LogP contribution in [-0.2, 0) is 14.6 Å². The van der Waals surface area contributed by atoms with E-state index in [4.69, 9.17) is 0 Å². The number of nitrogens with one attached hydrogen (secondary N) is 2. The maximum atomic E-state index is 13.2. The Labute approximate surface area is 171 Å². The zero-order chi connectivity index (χ0) is 20.9. The summed E-state index contributed by atoms with van der Waals surface area (Å²) in [6.45, 7) is 2.96. The summed E-state index contributed by atoms with van der Waals surface area (Å²) in [7, 11) is -3.05. The lowest BCUT2D eigenvalue weighted by Crippen LogP contribution is -2.46.